The Kier molecular flexibility index (Phi) is 7.01. The van der Waals surface area contributed by atoms with Gasteiger partial charge in [0.2, 0.25) is 0 Å². The van der Waals surface area contributed by atoms with Gasteiger partial charge in [0.1, 0.15) is 0 Å². The lowest BCUT2D eigenvalue weighted by Gasteiger charge is -2.18. The average molecular weight is 282 g/mol. The first-order valence-electron chi connectivity index (χ1n) is 7.02. The van der Waals surface area contributed by atoms with Crippen LogP contribution >= 0.6 is 0 Å². The van der Waals surface area contributed by atoms with Crippen molar-refractivity contribution in [3.05, 3.63) is 12.1 Å². The van der Waals surface area contributed by atoms with E-state index in [1.54, 1.807) is 20.3 Å². The normalized spacial score (nSPS) is 12.0. The zero-order valence-corrected chi connectivity index (χ0v) is 12.6. The first-order valence-corrected chi connectivity index (χ1v) is 7.02. The van der Waals surface area contributed by atoms with Crippen LogP contribution in [0.25, 0.3) is 0 Å². The molecule has 0 saturated heterocycles. The highest BCUT2D eigenvalue weighted by Gasteiger charge is 2.11. The Morgan fingerprint density at radius 2 is 1.85 bits per heavy atom. The van der Waals surface area contributed by atoms with Gasteiger partial charge in [0.25, 0.3) is 0 Å². The maximum absolute atomic E-state index is 9.08. The molecule has 0 heterocycles. The van der Waals surface area contributed by atoms with Gasteiger partial charge in [0.15, 0.2) is 11.5 Å². The number of hydrogen-bond donors (Lipinski definition) is 3. The van der Waals surface area contributed by atoms with E-state index >= 15 is 0 Å². The first kappa shape index (κ1) is 16.4. The second kappa shape index (κ2) is 8.53. The highest BCUT2D eigenvalue weighted by atomic mass is 16.5. The number of aliphatic hydroxyl groups excluding tert-OH is 1. The molecule has 1 atom stereocenters. The predicted octanol–water partition coefficient (Wildman–Crippen LogP) is 2.50. The van der Waals surface area contributed by atoms with Crippen LogP contribution in [0.5, 0.6) is 11.5 Å². The summed E-state index contributed by atoms with van der Waals surface area (Å²) in [6, 6.07) is 3.60. The van der Waals surface area contributed by atoms with E-state index < -0.39 is 0 Å². The Balaban J connectivity index is 2.76. The monoisotopic (exact) mass is 282 g/mol. The summed E-state index contributed by atoms with van der Waals surface area (Å²) in [6.07, 6.45) is 2.99. The van der Waals surface area contributed by atoms with Crippen molar-refractivity contribution in [1.29, 1.82) is 0 Å². The van der Waals surface area contributed by atoms with Gasteiger partial charge in [0, 0.05) is 25.3 Å². The van der Waals surface area contributed by atoms with E-state index in [9.17, 15) is 0 Å². The van der Waals surface area contributed by atoms with Crippen LogP contribution in [0.3, 0.4) is 0 Å². The molecule has 1 rings (SSSR count). The molecule has 0 aliphatic heterocycles. The molecule has 0 spiro atoms. The van der Waals surface area contributed by atoms with Crippen LogP contribution in [0.1, 0.15) is 26.2 Å². The van der Waals surface area contributed by atoms with Gasteiger partial charge in [-0.3, -0.25) is 0 Å². The number of hydrogen-bond acceptors (Lipinski definition) is 5. The molecule has 0 radical (unpaired) electrons. The predicted molar refractivity (Wildman–Crippen MR) is 82.5 cm³/mol. The summed E-state index contributed by atoms with van der Waals surface area (Å²) >= 11 is 0. The van der Waals surface area contributed by atoms with Crippen molar-refractivity contribution in [3.8, 4) is 11.5 Å². The number of rotatable bonds is 9. The van der Waals surface area contributed by atoms with Gasteiger partial charge in [-0.1, -0.05) is 13.3 Å². The van der Waals surface area contributed by atoms with E-state index in [0.29, 0.717) is 23.1 Å². The van der Waals surface area contributed by atoms with Crippen molar-refractivity contribution >= 4 is 11.4 Å². The third-order valence-electron chi connectivity index (χ3n) is 3.37. The van der Waals surface area contributed by atoms with Gasteiger partial charge >= 0.3 is 0 Å². The van der Waals surface area contributed by atoms with Gasteiger partial charge in [-0.25, -0.2) is 0 Å². The summed E-state index contributed by atoms with van der Waals surface area (Å²) in [6.45, 7) is 3.15. The Bertz CT molecular complexity index is 404. The smallest absolute Gasteiger partial charge is 0.162 e. The summed E-state index contributed by atoms with van der Waals surface area (Å²) in [5.74, 6) is 1.71. The van der Waals surface area contributed by atoms with E-state index in [0.717, 1.165) is 31.5 Å². The van der Waals surface area contributed by atoms with Gasteiger partial charge in [0.05, 0.1) is 25.6 Å². The van der Waals surface area contributed by atoms with Crippen molar-refractivity contribution in [3.63, 3.8) is 0 Å². The fourth-order valence-electron chi connectivity index (χ4n) is 2.24. The van der Waals surface area contributed by atoms with Crippen LogP contribution in [0.15, 0.2) is 12.1 Å². The molecule has 5 nitrogen and oxygen atoms in total. The van der Waals surface area contributed by atoms with Crippen LogP contribution in [0.2, 0.25) is 0 Å². The second-order valence-corrected chi connectivity index (χ2v) is 4.84. The summed E-state index contributed by atoms with van der Waals surface area (Å²) in [4.78, 5) is 0. The van der Waals surface area contributed by atoms with Crippen molar-refractivity contribution in [2.24, 2.45) is 5.92 Å². The number of methoxy groups -OCH3 is 2. The Morgan fingerprint density at radius 1 is 1.20 bits per heavy atom. The molecule has 0 fully saturated rings. The molecule has 0 bridgehead atoms. The highest BCUT2D eigenvalue weighted by molar-refractivity contribution is 5.72. The van der Waals surface area contributed by atoms with Crippen molar-refractivity contribution in [2.45, 2.75) is 26.2 Å². The van der Waals surface area contributed by atoms with Gasteiger partial charge in [-0.2, -0.15) is 0 Å². The number of benzene rings is 1. The number of nitrogens with one attached hydrogen (secondary N) is 1. The zero-order chi connectivity index (χ0) is 15.0. The van der Waals surface area contributed by atoms with Crippen molar-refractivity contribution < 1.29 is 14.6 Å². The van der Waals surface area contributed by atoms with Crippen molar-refractivity contribution in [1.82, 2.24) is 0 Å². The largest absolute Gasteiger partial charge is 0.493 e. The topological polar surface area (TPSA) is 76.7 Å². The molecule has 0 aromatic heterocycles. The fraction of sp³-hybridized carbons (Fsp3) is 0.600. The molecular formula is C15H26N2O3. The third-order valence-corrected chi connectivity index (χ3v) is 3.37. The molecule has 1 unspecified atom stereocenters. The lowest BCUT2D eigenvalue weighted by Crippen LogP contribution is -2.16. The summed E-state index contributed by atoms with van der Waals surface area (Å²) < 4.78 is 10.5. The standard InChI is InChI=1S/C15H26N2O3/c1-4-5-11(6-7-18)10-17-13-9-15(20-3)14(19-2)8-12(13)16/h8-9,11,17-18H,4-7,10,16H2,1-3H3. The van der Waals surface area contributed by atoms with Crippen LogP contribution in [-0.2, 0) is 0 Å². The highest BCUT2D eigenvalue weighted by Crippen LogP contribution is 2.35. The van der Waals surface area contributed by atoms with Crippen LogP contribution < -0.4 is 20.5 Å². The van der Waals surface area contributed by atoms with Gasteiger partial charge in [-0.05, 0) is 18.8 Å². The van der Waals surface area contributed by atoms with Gasteiger partial charge in [-0.15, -0.1) is 0 Å². The minimum atomic E-state index is 0.216. The number of nitrogen functional groups attached to an aromatic ring is 1. The third kappa shape index (κ3) is 4.49. The lowest BCUT2D eigenvalue weighted by atomic mass is 10.00. The lowest BCUT2D eigenvalue weighted by molar-refractivity contribution is 0.255. The van der Waals surface area contributed by atoms with Gasteiger partial charge < -0.3 is 25.6 Å². The van der Waals surface area contributed by atoms with E-state index in [-0.39, 0.29) is 6.61 Å². The maximum atomic E-state index is 9.08. The molecule has 0 amide bonds. The Hall–Kier alpha value is -1.62. The quantitative estimate of drug-likeness (QED) is 0.607. The average Bonchev–Trinajstić information content (AvgIpc) is 2.45. The van der Waals surface area contributed by atoms with E-state index in [4.69, 9.17) is 20.3 Å². The first-order chi connectivity index (χ1) is 9.65. The Morgan fingerprint density at radius 3 is 2.40 bits per heavy atom. The summed E-state index contributed by atoms with van der Waals surface area (Å²) in [5, 5.41) is 12.4. The van der Waals surface area contributed by atoms with Crippen LogP contribution in [-0.4, -0.2) is 32.5 Å². The summed E-state index contributed by atoms with van der Waals surface area (Å²) in [5.41, 5.74) is 7.47. The molecule has 0 aliphatic rings. The molecule has 1 aromatic rings. The van der Waals surface area contributed by atoms with Crippen LogP contribution in [0.4, 0.5) is 11.4 Å². The molecular weight excluding hydrogens is 256 g/mol. The molecule has 5 heteroatoms. The molecule has 0 saturated carbocycles. The molecule has 1 aromatic carbocycles. The van der Waals surface area contributed by atoms with E-state index in [1.165, 1.54) is 0 Å². The fourth-order valence-corrected chi connectivity index (χ4v) is 2.24. The SMILES string of the molecule is CCCC(CCO)CNc1cc(OC)c(OC)cc1N. The van der Waals surface area contributed by atoms with Crippen LogP contribution in [0, 0.1) is 5.92 Å². The number of nitrogens with two attached hydrogens (primary N) is 1. The number of anilines is 2. The second-order valence-electron chi connectivity index (χ2n) is 4.84. The van der Waals surface area contributed by atoms with Crippen molar-refractivity contribution in [2.75, 3.05) is 38.4 Å². The molecule has 4 N–H and O–H groups in total. The number of ether oxygens (including phenoxy) is 2. The molecule has 20 heavy (non-hydrogen) atoms. The van der Waals surface area contributed by atoms with E-state index in [1.807, 2.05) is 6.07 Å². The molecule has 114 valence electrons. The van der Waals surface area contributed by atoms with E-state index in [2.05, 4.69) is 12.2 Å². The number of aliphatic hydroxyl groups is 1. The Labute approximate surface area is 121 Å². The zero-order valence-electron chi connectivity index (χ0n) is 12.6. The maximum Gasteiger partial charge on any atom is 0.162 e. The molecule has 0 aliphatic carbocycles. The minimum Gasteiger partial charge on any atom is -0.493 e. The minimum absolute atomic E-state index is 0.216. The summed E-state index contributed by atoms with van der Waals surface area (Å²) in [7, 11) is 3.19.